The highest BCUT2D eigenvalue weighted by Crippen LogP contribution is 2.04. The van der Waals surface area contributed by atoms with Gasteiger partial charge in [0.2, 0.25) is 0 Å². The summed E-state index contributed by atoms with van der Waals surface area (Å²) in [6.45, 7) is 3.59. The maximum absolute atomic E-state index is 8.07. The average Bonchev–Trinajstić information content (AvgIpc) is 1.65. The van der Waals surface area contributed by atoms with Crippen LogP contribution in [0.3, 0.4) is 0 Å². The molecule has 0 amide bonds. The zero-order valence-corrected chi connectivity index (χ0v) is 5.08. The molecule has 0 N–H and O–H groups in total. The number of nitrogens with zero attached hydrogens (tertiary/aromatic N) is 1. The van der Waals surface area contributed by atoms with Crippen LogP contribution in [0.15, 0.2) is 10.6 Å². The van der Waals surface area contributed by atoms with E-state index in [9.17, 15) is 0 Å². The van der Waals surface area contributed by atoms with Crippen LogP contribution >= 0.6 is 11.6 Å². The molecule has 0 aliphatic heterocycles. The van der Waals surface area contributed by atoms with Crippen LogP contribution < -0.4 is 0 Å². The van der Waals surface area contributed by atoms with Crippen molar-refractivity contribution in [1.82, 2.24) is 0 Å². The summed E-state index contributed by atoms with van der Waals surface area (Å²) in [5.74, 6) is 0. The fraction of sp³-hybridized carbons (Fsp3) is 0.400. The molecule has 0 saturated heterocycles. The summed E-state index contributed by atoms with van der Waals surface area (Å²) in [5, 5.41) is 8.36. The van der Waals surface area contributed by atoms with Gasteiger partial charge in [0.05, 0.1) is 0 Å². The molecule has 0 aliphatic rings. The number of hydrogen-bond donors (Lipinski definition) is 0. The van der Waals surface area contributed by atoms with Crippen LogP contribution in [0.4, 0.5) is 0 Å². The van der Waals surface area contributed by atoms with E-state index in [2.05, 4.69) is 0 Å². The Labute approximate surface area is 48.2 Å². The average molecular weight is 116 g/mol. The molecule has 0 bridgehead atoms. The zero-order chi connectivity index (χ0) is 5.86. The number of rotatable bonds is 0. The van der Waals surface area contributed by atoms with Crippen molar-refractivity contribution in [3.63, 3.8) is 0 Å². The lowest BCUT2D eigenvalue weighted by molar-refractivity contribution is 1.37. The molecule has 1 nitrogen and oxygen atoms in total. The number of hydrogen-bond acceptors (Lipinski definition) is 1. The molecule has 0 fully saturated rings. The Morgan fingerprint density at radius 3 is 2.00 bits per heavy atom. The van der Waals surface area contributed by atoms with E-state index in [1.54, 1.807) is 13.8 Å². The zero-order valence-electron chi connectivity index (χ0n) is 4.33. The predicted molar refractivity (Wildman–Crippen MR) is 29.8 cm³/mol. The first-order chi connectivity index (χ1) is 3.18. The van der Waals surface area contributed by atoms with Crippen LogP contribution in [0.25, 0.3) is 0 Å². The molecule has 38 valence electrons. The van der Waals surface area contributed by atoms with Crippen molar-refractivity contribution in [3.8, 4) is 6.07 Å². The molecule has 0 unspecified atom stereocenters. The molecule has 2 heteroatoms. The highest BCUT2D eigenvalue weighted by Gasteiger charge is 1.86. The molecule has 0 aromatic rings. The van der Waals surface area contributed by atoms with Crippen molar-refractivity contribution in [1.29, 1.82) is 5.26 Å². The van der Waals surface area contributed by atoms with Gasteiger partial charge in [0.15, 0.2) is 0 Å². The van der Waals surface area contributed by atoms with Crippen molar-refractivity contribution in [3.05, 3.63) is 10.6 Å². The van der Waals surface area contributed by atoms with Crippen molar-refractivity contribution < 1.29 is 0 Å². The Morgan fingerprint density at radius 1 is 1.57 bits per heavy atom. The summed E-state index contributed by atoms with van der Waals surface area (Å²) >= 11 is 5.32. The lowest BCUT2D eigenvalue weighted by Crippen LogP contribution is -1.66. The van der Waals surface area contributed by atoms with Crippen LogP contribution in [-0.2, 0) is 0 Å². The molecule has 0 radical (unpaired) electrons. The molecule has 0 aliphatic carbocycles. The van der Waals surface area contributed by atoms with Gasteiger partial charge in [-0.3, -0.25) is 0 Å². The lowest BCUT2D eigenvalue weighted by Gasteiger charge is -1.82. The van der Waals surface area contributed by atoms with Gasteiger partial charge in [-0.25, -0.2) is 0 Å². The fourth-order valence-electron chi connectivity index (χ4n) is 0.112. The van der Waals surface area contributed by atoms with E-state index >= 15 is 0 Å². The molecule has 0 spiro atoms. The Balaban J connectivity index is 4.07. The van der Waals surface area contributed by atoms with Gasteiger partial charge in [0, 0.05) is 0 Å². The standard InChI is InChI=1S/C5H6ClN/c1-4(2)5(6)3-7/h1-2H3. The molecular formula is C5H6ClN. The van der Waals surface area contributed by atoms with Gasteiger partial charge in [0.1, 0.15) is 11.1 Å². The first-order valence-electron chi connectivity index (χ1n) is 1.91. The largest absolute Gasteiger partial charge is 0.191 e. The van der Waals surface area contributed by atoms with E-state index in [0.29, 0.717) is 5.03 Å². The second kappa shape index (κ2) is 2.65. The first kappa shape index (κ1) is 6.52. The Morgan fingerprint density at radius 2 is 2.00 bits per heavy atom. The molecular weight excluding hydrogens is 110 g/mol. The summed E-state index contributed by atoms with van der Waals surface area (Å²) in [4.78, 5) is 0. The molecule has 7 heavy (non-hydrogen) atoms. The van der Waals surface area contributed by atoms with Crippen molar-refractivity contribution in [2.75, 3.05) is 0 Å². The summed E-state index contributed by atoms with van der Waals surface area (Å²) in [6.07, 6.45) is 0. The first-order valence-corrected chi connectivity index (χ1v) is 2.29. The van der Waals surface area contributed by atoms with Gasteiger partial charge in [-0.1, -0.05) is 11.6 Å². The van der Waals surface area contributed by atoms with E-state index in [1.807, 2.05) is 6.07 Å². The molecule has 0 heterocycles. The van der Waals surface area contributed by atoms with Crippen LogP contribution in [0.1, 0.15) is 13.8 Å². The predicted octanol–water partition coefficient (Wildman–Crippen LogP) is 2.04. The molecule has 0 rings (SSSR count). The van der Waals surface area contributed by atoms with E-state index in [0.717, 1.165) is 5.57 Å². The Hall–Kier alpha value is -0.480. The maximum Gasteiger partial charge on any atom is 0.116 e. The lowest BCUT2D eigenvalue weighted by atomic mass is 10.3. The van der Waals surface area contributed by atoms with Crippen molar-refractivity contribution in [2.24, 2.45) is 0 Å². The monoisotopic (exact) mass is 115 g/mol. The van der Waals surface area contributed by atoms with Gasteiger partial charge in [0.25, 0.3) is 0 Å². The summed E-state index contributed by atoms with van der Waals surface area (Å²) < 4.78 is 0. The molecule has 0 aromatic carbocycles. The van der Waals surface area contributed by atoms with Crippen LogP contribution in [0.2, 0.25) is 0 Å². The third kappa shape index (κ3) is 2.24. The second-order valence-electron chi connectivity index (χ2n) is 1.43. The van der Waals surface area contributed by atoms with E-state index in [1.165, 1.54) is 0 Å². The van der Waals surface area contributed by atoms with Gasteiger partial charge < -0.3 is 0 Å². The van der Waals surface area contributed by atoms with Crippen LogP contribution in [0.5, 0.6) is 0 Å². The Bertz CT molecular complexity index is 126. The van der Waals surface area contributed by atoms with Gasteiger partial charge in [-0.15, -0.1) is 0 Å². The van der Waals surface area contributed by atoms with Gasteiger partial charge in [-0.05, 0) is 19.4 Å². The highest BCUT2D eigenvalue weighted by atomic mass is 35.5. The number of nitriles is 1. The van der Waals surface area contributed by atoms with Gasteiger partial charge in [-0.2, -0.15) is 5.26 Å². The molecule has 0 saturated carbocycles. The summed E-state index contributed by atoms with van der Waals surface area (Å²) in [5.41, 5.74) is 0.865. The van der Waals surface area contributed by atoms with Gasteiger partial charge >= 0.3 is 0 Å². The third-order valence-corrected chi connectivity index (χ3v) is 1.000. The minimum absolute atomic E-state index is 0.292. The van der Waals surface area contributed by atoms with E-state index in [4.69, 9.17) is 16.9 Å². The van der Waals surface area contributed by atoms with Crippen LogP contribution in [0, 0.1) is 11.3 Å². The summed E-state index contributed by atoms with van der Waals surface area (Å²) in [6, 6.07) is 1.81. The minimum Gasteiger partial charge on any atom is -0.191 e. The highest BCUT2D eigenvalue weighted by molar-refractivity contribution is 6.32. The quantitative estimate of drug-likeness (QED) is 0.443. The smallest absolute Gasteiger partial charge is 0.116 e. The normalized spacial score (nSPS) is 7.14. The Kier molecular flexibility index (Phi) is 2.47. The molecule has 0 atom stereocenters. The number of allylic oxidation sites excluding steroid dienone is 2. The third-order valence-electron chi connectivity index (χ3n) is 0.537. The summed E-state index contributed by atoms with van der Waals surface area (Å²) in [7, 11) is 0. The van der Waals surface area contributed by atoms with E-state index in [-0.39, 0.29) is 0 Å². The SMILES string of the molecule is CC(C)=C(Cl)C#N. The van der Waals surface area contributed by atoms with Crippen molar-refractivity contribution in [2.45, 2.75) is 13.8 Å². The minimum atomic E-state index is 0.292. The van der Waals surface area contributed by atoms with E-state index < -0.39 is 0 Å². The molecule has 0 aromatic heterocycles. The maximum atomic E-state index is 8.07. The number of halogens is 1. The van der Waals surface area contributed by atoms with Crippen LogP contribution in [-0.4, -0.2) is 0 Å². The fourth-order valence-corrected chi connectivity index (χ4v) is 0.112. The van der Waals surface area contributed by atoms with Crippen molar-refractivity contribution >= 4 is 11.6 Å². The topological polar surface area (TPSA) is 23.8 Å². The second-order valence-corrected chi connectivity index (χ2v) is 1.80.